The highest BCUT2D eigenvalue weighted by Gasteiger charge is 2.44. The fourth-order valence-electron chi connectivity index (χ4n) is 2.87. The Morgan fingerprint density at radius 2 is 1.90 bits per heavy atom. The minimum absolute atomic E-state index is 0.139. The van der Waals surface area contributed by atoms with Crippen molar-refractivity contribution in [3.05, 3.63) is 70.5 Å². The molecule has 0 bridgehead atoms. The number of rotatable bonds is 4. The van der Waals surface area contributed by atoms with Crippen LogP contribution in [0.2, 0.25) is 5.02 Å². The molecule has 1 saturated carbocycles. The molecule has 4 heteroatoms. The Kier molecular flexibility index (Phi) is 3.74. The van der Waals surface area contributed by atoms with Crippen LogP contribution in [0, 0.1) is 11.7 Å². The largest absolute Gasteiger partial charge is 0.271 e. The summed E-state index contributed by atoms with van der Waals surface area (Å²) in [5, 5.41) is 0.139. The first-order valence-electron chi connectivity index (χ1n) is 6.67. The molecule has 0 spiro atoms. The minimum Gasteiger partial charge on any atom is -0.271 e. The number of hydrazine groups is 1. The van der Waals surface area contributed by atoms with Gasteiger partial charge in [-0.3, -0.25) is 11.3 Å². The van der Waals surface area contributed by atoms with Gasteiger partial charge in [-0.25, -0.2) is 4.39 Å². The third kappa shape index (κ3) is 2.44. The smallest absolute Gasteiger partial charge is 0.146 e. The number of halogens is 2. The molecule has 1 aliphatic rings. The van der Waals surface area contributed by atoms with E-state index in [0.29, 0.717) is 17.4 Å². The van der Waals surface area contributed by atoms with E-state index >= 15 is 0 Å². The van der Waals surface area contributed by atoms with Gasteiger partial charge in [0.2, 0.25) is 0 Å². The summed E-state index contributed by atoms with van der Waals surface area (Å²) in [6.45, 7) is 0. The fourth-order valence-corrected chi connectivity index (χ4v) is 3.05. The first kappa shape index (κ1) is 13.6. The third-order valence-electron chi connectivity index (χ3n) is 3.99. The maximum Gasteiger partial charge on any atom is 0.146 e. The van der Waals surface area contributed by atoms with Crippen molar-refractivity contribution in [2.75, 3.05) is 0 Å². The number of nitrogens with one attached hydrogen (secondary N) is 1. The van der Waals surface area contributed by atoms with Gasteiger partial charge in [-0.15, -0.1) is 0 Å². The predicted octanol–water partition coefficient (Wildman–Crippen LogP) is 3.79. The summed E-state index contributed by atoms with van der Waals surface area (Å²) >= 11 is 5.85. The summed E-state index contributed by atoms with van der Waals surface area (Å²) in [7, 11) is 0. The second kappa shape index (κ2) is 5.52. The average molecular weight is 291 g/mol. The molecule has 2 aromatic rings. The standard InChI is InChI=1S/C16H16ClFN2/c17-14-8-4-7-11(15(14)18)16(20-19)13-9-12(13)10-5-2-1-3-6-10/h1-8,12-13,16,20H,9,19H2. The molecule has 0 amide bonds. The van der Waals surface area contributed by atoms with Crippen molar-refractivity contribution in [3.8, 4) is 0 Å². The highest BCUT2D eigenvalue weighted by atomic mass is 35.5. The van der Waals surface area contributed by atoms with E-state index in [0.717, 1.165) is 6.42 Å². The van der Waals surface area contributed by atoms with Gasteiger partial charge in [0.25, 0.3) is 0 Å². The van der Waals surface area contributed by atoms with Crippen LogP contribution in [-0.2, 0) is 0 Å². The first-order valence-corrected chi connectivity index (χ1v) is 7.05. The lowest BCUT2D eigenvalue weighted by atomic mass is 9.99. The van der Waals surface area contributed by atoms with Crippen molar-refractivity contribution < 1.29 is 4.39 Å². The van der Waals surface area contributed by atoms with Gasteiger partial charge in [-0.1, -0.05) is 54.1 Å². The summed E-state index contributed by atoms with van der Waals surface area (Å²) in [5.41, 5.74) is 4.57. The molecular weight excluding hydrogens is 275 g/mol. The van der Waals surface area contributed by atoms with Gasteiger partial charge in [0.05, 0.1) is 11.1 Å². The van der Waals surface area contributed by atoms with Crippen LogP contribution in [-0.4, -0.2) is 0 Å². The normalized spacial score (nSPS) is 22.6. The van der Waals surface area contributed by atoms with Crippen LogP contribution < -0.4 is 11.3 Å². The van der Waals surface area contributed by atoms with Crippen molar-refractivity contribution in [1.82, 2.24) is 5.43 Å². The second-order valence-electron chi connectivity index (χ2n) is 5.20. The second-order valence-corrected chi connectivity index (χ2v) is 5.61. The molecule has 0 saturated heterocycles. The molecule has 2 nitrogen and oxygen atoms in total. The van der Waals surface area contributed by atoms with E-state index in [1.807, 2.05) is 18.2 Å². The first-order chi connectivity index (χ1) is 9.72. The van der Waals surface area contributed by atoms with E-state index in [1.54, 1.807) is 18.2 Å². The van der Waals surface area contributed by atoms with E-state index < -0.39 is 0 Å². The Morgan fingerprint density at radius 3 is 2.60 bits per heavy atom. The van der Waals surface area contributed by atoms with Crippen molar-refractivity contribution in [2.45, 2.75) is 18.4 Å². The zero-order valence-corrected chi connectivity index (χ0v) is 11.6. The van der Waals surface area contributed by atoms with Crippen LogP contribution in [0.3, 0.4) is 0 Å². The Balaban J connectivity index is 1.84. The molecule has 104 valence electrons. The number of hydrogen-bond acceptors (Lipinski definition) is 2. The van der Waals surface area contributed by atoms with Gasteiger partial charge in [0.15, 0.2) is 0 Å². The number of benzene rings is 2. The molecule has 2 aromatic carbocycles. The monoisotopic (exact) mass is 290 g/mol. The van der Waals surface area contributed by atoms with Crippen LogP contribution in [0.1, 0.15) is 29.5 Å². The molecule has 0 aromatic heterocycles. The van der Waals surface area contributed by atoms with E-state index in [4.69, 9.17) is 17.4 Å². The highest BCUT2D eigenvalue weighted by molar-refractivity contribution is 6.30. The minimum atomic E-state index is -0.379. The topological polar surface area (TPSA) is 38.0 Å². The molecular formula is C16H16ClFN2. The van der Waals surface area contributed by atoms with Crippen molar-refractivity contribution in [3.63, 3.8) is 0 Å². The van der Waals surface area contributed by atoms with Crippen molar-refractivity contribution in [1.29, 1.82) is 0 Å². The van der Waals surface area contributed by atoms with E-state index in [-0.39, 0.29) is 16.9 Å². The number of nitrogens with two attached hydrogens (primary N) is 1. The quantitative estimate of drug-likeness (QED) is 0.664. The van der Waals surface area contributed by atoms with Crippen molar-refractivity contribution >= 4 is 11.6 Å². The summed E-state index contributed by atoms with van der Waals surface area (Å²) in [5.74, 6) is 5.99. The molecule has 3 atom stereocenters. The Labute approximate surface area is 122 Å². The average Bonchev–Trinajstić information content (AvgIpc) is 3.26. The molecule has 0 aliphatic heterocycles. The Hall–Kier alpha value is -1.42. The third-order valence-corrected chi connectivity index (χ3v) is 4.28. The lowest BCUT2D eigenvalue weighted by Crippen LogP contribution is -2.30. The molecule has 1 aliphatic carbocycles. The van der Waals surface area contributed by atoms with Gasteiger partial charge in [0, 0.05) is 5.56 Å². The summed E-state index contributed by atoms with van der Waals surface area (Å²) in [6, 6.07) is 15.1. The molecule has 3 unspecified atom stereocenters. The van der Waals surface area contributed by atoms with Gasteiger partial charge < -0.3 is 0 Å². The van der Waals surface area contributed by atoms with Crippen LogP contribution >= 0.6 is 11.6 Å². The van der Waals surface area contributed by atoms with Crippen LogP contribution in [0.15, 0.2) is 48.5 Å². The summed E-state index contributed by atoms with van der Waals surface area (Å²) < 4.78 is 14.1. The van der Waals surface area contributed by atoms with E-state index in [2.05, 4.69) is 17.6 Å². The van der Waals surface area contributed by atoms with Crippen LogP contribution in [0.4, 0.5) is 4.39 Å². The highest BCUT2D eigenvalue weighted by Crippen LogP contribution is 2.54. The molecule has 0 radical (unpaired) electrons. The maximum atomic E-state index is 14.1. The van der Waals surface area contributed by atoms with Gasteiger partial charge in [-0.2, -0.15) is 0 Å². The van der Waals surface area contributed by atoms with Gasteiger partial charge in [0.1, 0.15) is 5.82 Å². The van der Waals surface area contributed by atoms with Crippen LogP contribution in [0.25, 0.3) is 0 Å². The molecule has 0 heterocycles. The zero-order valence-electron chi connectivity index (χ0n) is 10.9. The van der Waals surface area contributed by atoms with Crippen LogP contribution in [0.5, 0.6) is 0 Å². The molecule has 3 N–H and O–H groups in total. The lowest BCUT2D eigenvalue weighted by molar-refractivity contribution is 0.461. The fraction of sp³-hybridized carbons (Fsp3) is 0.250. The molecule has 3 rings (SSSR count). The molecule has 1 fully saturated rings. The number of hydrogen-bond donors (Lipinski definition) is 2. The Morgan fingerprint density at radius 1 is 1.15 bits per heavy atom. The Bertz CT molecular complexity index is 603. The lowest BCUT2D eigenvalue weighted by Gasteiger charge is -2.17. The summed E-state index contributed by atoms with van der Waals surface area (Å²) in [4.78, 5) is 0. The van der Waals surface area contributed by atoms with E-state index in [9.17, 15) is 4.39 Å². The molecule has 20 heavy (non-hydrogen) atoms. The predicted molar refractivity (Wildman–Crippen MR) is 78.8 cm³/mol. The zero-order chi connectivity index (χ0) is 14.1. The van der Waals surface area contributed by atoms with Crippen molar-refractivity contribution in [2.24, 2.45) is 11.8 Å². The summed E-state index contributed by atoms with van der Waals surface area (Å²) in [6.07, 6.45) is 1.00. The van der Waals surface area contributed by atoms with Gasteiger partial charge in [-0.05, 0) is 29.9 Å². The SMILES string of the molecule is NNC(c1cccc(Cl)c1F)C1CC1c1ccccc1. The van der Waals surface area contributed by atoms with E-state index in [1.165, 1.54) is 5.56 Å². The maximum absolute atomic E-state index is 14.1. The van der Waals surface area contributed by atoms with Gasteiger partial charge >= 0.3 is 0 Å².